The van der Waals surface area contributed by atoms with Crippen LogP contribution >= 0.6 is 0 Å². The predicted molar refractivity (Wildman–Crippen MR) is 295 cm³/mol. The average molecular weight is 953 g/mol. The van der Waals surface area contributed by atoms with Crippen molar-refractivity contribution in [3.8, 4) is 44.5 Å². The summed E-state index contributed by atoms with van der Waals surface area (Å²) in [5.41, 5.74) is 11.7. The minimum atomic E-state index is -0.303. The molecule has 2 aromatic heterocycles. The normalized spacial score (nSPS) is 12.9. The van der Waals surface area contributed by atoms with Crippen molar-refractivity contribution < 1.29 is 19.2 Å². The van der Waals surface area contributed by atoms with Crippen molar-refractivity contribution in [2.45, 2.75) is 0 Å². The van der Waals surface area contributed by atoms with E-state index in [-0.39, 0.29) is 23.6 Å². The average Bonchev–Trinajstić information content (AvgIpc) is 3.47. The molecule has 0 unspecified atom stereocenters. The molecule has 74 heavy (non-hydrogen) atoms. The molecule has 14 rings (SSSR count). The van der Waals surface area contributed by atoms with E-state index in [0.29, 0.717) is 44.4 Å². The van der Waals surface area contributed by atoms with Crippen LogP contribution in [0.3, 0.4) is 0 Å². The van der Waals surface area contributed by atoms with Gasteiger partial charge in [-0.25, -0.2) is 9.80 Å². The van der Waals surface area contributed by atoms with Gasteiger partial charge in [0.25, 0.3) is 23.6 Å². The number of aromatic nitrogens is 2. The van der Waals surface area contributed by atoms with Crippen LogP contribution in [0.4, 0.5) is 11.4 Å². The van der Waals surface area contributed by atoms with Crippen LogP contribution in [-0.2, 0) is 0 Å². The Balaban J connectivity index is 0.000000143. The Bertz CT molecular complexity index is 3950. The number of carbonyl (C=O) groups excluding carboxylic acids is 4. The van der Waals surface area contributed by atoms with Gasteiger partial charge >= 0.3 is 0 Å². The minimum absolute atomic E-state index is 0.302. The molecule has 4 heterocycles. The molecule has 348 valence electrons. The van der Waals surface area contributed by atoms with Crippen LogP contribution in [0, 0.1) is 0 Å². The van der Waals surface area contributed by atoms with E-state index < -0.39 is 0 Å². The molecule has 0 N–H and O–H groups in total. The van der Waals surface area contributed by atoms with Gasteiger partial charge in [-0.15, -0.1) is 0 Å². The smallest absolute Gasteiger partial charge is 0.265 e. The van der Waals surface area contributed by atoms with E-state index in [0.717, 1.165) is 76.8 Å². The number of anilines is 2. The predicted octanol–water partition coefficient (Wildman–Crippen LogP) is 15.0. The van der Waals surface area contributed by atoms with Gasteiger partial charge in [-0.2, -0.15) is 0 Å². The number of amides is 4. The largest absolute Gasteiger partial charge is 0.268 e. The van der Waals surface area contributed by atoms with Crippen molar-refractivity contribution in [3.05, 3.63) is 265 Å². The molecule has 0 fully saturated rings. The van der Waals surface area contributed by atoms with E-state index in [1.54, 1.807) is 18.6 Å². The lowest BCUT2D eigenvalue weighted by Crippen LogP contribution is -2.40. The van der Waals surface area contributed by atoms with Crippen molar-refractivity contribution in [1.82, 2.24) is 9.97 Å². The van der Waals surface area contributed by atoms with Crippen molar-refractivity contribution in [2.75, 3.05) is 9.80 Å². The van der Waals surface area contributed by atoms with Gasteiger partial charge in [0.2, 0.25) is 0 Å². The number of hydrogen-bond acceptors (Lipinski definition) is 6. The SMILES string of the molecule is O=C1c2cccc3c(-c4ccc(-c5cccnc5)cc4)ccc(c23)C(=O)N1c1ccc2ccccc2c1.O=C1c2cccc3c(-c4ccc(-c5ccncc5)cc4)ccc(c23)C(=O)N1c1ccc2ccccc2c1. The molecule has 8 nitrogen and oxygen atoms in total. The molecule has 0 spiro atoms. The minimum Gasteiger partial charge on any atom is -0.268 e. The summed E-state index contributed by atoms with van der Waals surface area (Å²) < 4.78 is 0. The topological polar surface area (TPSA) is 101 Å². The Hall–Kier alpha value is -10.2. The van der Waals surface area contributed by atoms with Crippen molar-refractivity contribution in [2.24, 2.45) is 0 Å². The maximum atomic E-state index is 13.7. The molecule has 0 aliphatic carbocycles. The second-order valence-corrected chi connectivity index (χ2v) is 18.4. The Morgan fingerprint density at radius 1 is 0.270 bits per heavy atom. The second kappa shape index (κ2) is 17.9. The fraction of sp³-hybridized carbons (Fsp3) is 0. The molecule has 0 atom stereocenters. The fourth-order valence-corrected chi connectivity index (χ4v) is 10.6. The summed E-state index contributed by atoms with van der Waals surface area (Å²) in [6, 6.07) is 70.7. The number of pyridine rings is 2. The lowest BCUT2D eigenvalue weighted by Gasteiger charge is -2.28. The van der Waals surface area contributed by atoms with Crippen LogP contribution in [-0.4, -0.2) is 33.6 Å². The Morgan fingerprint density at radius 3 is 1.14 bits per heavy atom. The first-order valence-electron chi connectivity index (χ1n) is 24.3. The Labute approximate surface area is 425 Å². The van der Waals surface area contributed by atoms with Gasteiger partial charge < -0.3 is 0 Å². The van der Waals surface area contributed by atoms with Gasteiger partial charge in [0.1, 0.15) is 0 Å². The number of rotatable bonds is 6. The molecular weight excluding hydrogens is 913 g/mol. The maximum absolute atomic E-state index is 13.7. The zero-order valence-corrected chi connectivity index (χ0v) is 39.5. The highest BCUT2D eigenvalue weighted by atomic mass is 16.2. The van der Waals surface area contributed by atoms with E-state index >= 15 is 0 Å². The molecule has 10 aromatic carbocycles. The summed E-state index contributed by atoms with van der Waals surface area (Å²) in [5, 5.41) is 7.30. The van der Waals surface area contributed by atoms with Gasteiger partial charge in [-0.05, 0) is 144 Å². The van der Waals surface area contributed by atoms with Crippen molar-refractivity contribution >= 4 is 78.1 Å². The number of carbonyl (C=O) groups is 4. The summed E-state index contributed by atoms with van der Waals surface area (Å²) in [7, 11) is 0. The molecule has 2 aliphatic heterocycles. The quantitative estimate of drug-likeness (QED) is 0.154. The van der Waals surface area contributed by atoms with Crippen LogP contribution in [0.2, 0.25) is 0 Å². The van der Waals surface area contributed by atoms with Crippen LogP contribution in [0.15, 0.2) is 243 Å². The number of nitrogens with zero attached hydrogens (tertiary/aromatic N) is 4. The van der Waals surface area contributed by atoms with Crippen LogP contribution in [0.1, 0.15) is 41.4 Å². The lowest BCUT2D eigenvalue weighted by molar-refractivity contribution is 0.0877. The van der Waals surface area contributed by atoms with E-state index in [2.05, 4.69) is 58.5 Å². The maximum Gasteiger partial charge on any atom is 0.265 e. The zero-order valence-electron chi connectivity index (χ0n) is 39.5. The molecule has 0 radical (unpaired) electrons. The van der Waals surface area contributed by atoms with Gasteiger partial charge in [0, 0.05) is 57.8 Å². The summed E-state index contributed by atoms with van der Waals surface area (Å²) in [6.07, 6.45) is 7.17. The first-order valence-corrected chi connectivity index (χ1v) is 24.3. The Kier molecular flexibility index (Phi) is 10.6. The third kappa shape index (κ3) is 7.40. The molecule has 12 aromatic rings. The van der Waals surface area contributed by atoms with Crippen LogP contribution in [0.25, 0.3) is 87.6 Å². The van der Waals surface area contributed by atoms with E-state index in [9.17, 15) is 19.2 Å². The van der Waals surface area contributed by atoms with Crippen molar-refractivity contribution in [1.29, 1.82) is 0 Å². The van der Waals surface area contributed by atoms with E-state index in [1.165, 1.54) is 9.80 Å². The summed E-state index contributed by atoms with van der Waals surface area (Å²) in [4.78, 5) is 65.7. The highest BCUT2D eigenvalue weighted by Gasteiger charge is 2.36. The summed E-state index contributed by atoms with van der Waals surface area (Å²) in [6.45, 7) is 0. The first kappa shape index (κ1) is 43.8. The molecule has 0 saturated heterocycles. The second-order valence-electron chi connectivity index (χ2n) is 18.4. The Morgan fingerprint density at radius 2 is 0.676 bits per heavy atom. The van der Waals surface area contributed by atoms with E-state index in [4.69, 9.17) is 0 Å². The monoisotopic (exact) mass is 952 g/mol. The van der Waals surface area contributed by atoms with Gasteiger partial charge in [-0.3, -0.25) is 29.1 Å². The highest BCUT2D eigenvalue weighted by molar-refractivity contribution is 6.38. The fourth-order valence-electron chi connectivity index (χ4n) is 10.6. The van der Waals surface area contributed by atoms with Gasteiger partial charge in [0.15, 0.2) is 0 Å². The third-order valence-electron chi connectivity index (χ3n) is 14.2. The molecule has 8 heteroatoms. The van der Waals surface area contributed by atoms with Gasteiger partial charge in [-0.1, -0.05) is 152 Å². The summed E-state index contributed by atoms with van der Waals surface area (Å²) >= 11 is 0. The standard InChI is InChI=1S/2C33H20N2O2/c36-32-29-9-3-8-28-27(23-12-10-22(11-13-23)25-7-4-18-34-20-25)16-17-30(31(28)29)33(37)35(32)26-15-14-21-5-1-2-6-24(21)19-26;36-32-29-7-3-6-28-27(24-10-8-22(9-11-24)23-16-18-34-19-17-23)14-15-30(31(28)29)33(37)35(32)26-13-12-21-4-1-2-5-25(21)20-26/h2*1-20H. The van der Waals surface area contributed by atoms with Crippen molar-refractivity contribution in [3.63, 3.8) is 0 Å². The lowest BCUT2D eigenvalue weighted by atomic mass is 9.88. The molecule has 4 amide bonds. The number of hydrogen-bond donors (Lipinski definition) is 0. The zero-order chi connectivity index (χ0) is 49.9. The first-order chi connectivity index (χ1) is 36.4. The molecule has 0 bridgehead atoms. The van der Waals surface area contributed by atoms with Crippen LogP contribution < -0.4 is 9.80 Å². The van der Waals surface area contributed by atoms with E-state index in [1.807, 2.05) is 176 Å². The molecular formula is C66H40N4O4. The molecule has 2 aliphatic rings. The highest BCUT2D eigenvalue weighted by Crippen LogP contribution is 2.41. The summed E-state index contributed by atoms with van der Waals surface area (Å²) in [5.74, 6) is -1.21. The number of imide groups is 2. The number of fused-ring (bicyclic) bond motifs is 2. The molecule has 0 saturated carbocycles. The number of benzene rings is 10. The van der Waals surface area contributed by atoms with Crippen LogP contribution in [0.5, 0.6) is 0 Å². The van der Waals surface area contributed by atoms with Gasteiger partial charge in [0.05, 0.1) is 11.4 Å². The third-order valence-corrected chi connectivity index (χ3v) is 14.2.